The zero-order chi connectivity index (χ0) is 9.86. The SMILES string of the molecule is S[C@]1(Cc2ccccc2)C=CCCC1. The molecule has 2 rings (SSSR count). The van der Waals surface area contributed by atoms with E-state index < -0.39 is 0 Å². The van der Waals surface area contributed by atoms with E-state index in [9.17, 15) is 0 Å². The fourth-order valence-electron chi connectivity index (χ4n) is 2.01. The normalized spacial score (nSPS) is 26.4. The maximum Gasteiger partial charge on any atom is 0.0349 e. The van der Waals surface area contributed by atoms with Crippen molar-refractivity contribution in [2.45, 2.75) is 30.4 Å². The highest BCUT2D eigenvalue weighted by Crippen LogP contribution is 2.31. The van der Waals surface area contributed by atoms with Gasteiger partial charge in [-0.25, -0.2) is 0 Å². The molecule has 14 heavy (non-hydrogen) atoms. The van der Waals surface area contributed by atoms with E-state index in [0.717, 1.165) is 6.42 Å². The Bertz CT molecular complexity index is 315. The van der Waals surface area contributed by atoms with Crippen molar-refractivity contribution in [2.24, 2.45) is 0 Å². The van der Waals surface area contributed by atoms with Gasteiger partial charge in [0.25, 0.3) is 0 Å². The van der Waals surface area contributed by atoms with Crippen LogP contribution in [0.25, 0.3) is 0 Å². The molecule has 0 unspecified atom stereocenters. The third-order valence-corrected chi connectivity index (χ3v) is 3.29. The molecule has 1 heteroatoms. The fraction of sp³-hybridized carbons (Fsp3) is 0.385. The van der Waals surface area contributed by atoms with E-state index in [1.54, 1.807) is 0 Å². The van der Waals surface area contributed by atoms with Gasteiger partial charge in [-0.3, -0.25) is 0 Å². The smallest absolute Gasteiger partial charge is 0.0349 e. The monoisotopic (exact) mass is 204 g/mol. The van der Waals surface area contributed by atoms with E-state index in [1.807, 2.05) is 0 Å². The molecule has 1 aliphatic rings. The zero-order valence-electron chi connectivity index (χ0n) is 8.32. The number of hydrogen-bond donors (Lipinski definition) is 1. The van der Waals surface area contributed by atoms with Crippen LogP contribution in [0.4, 0.5) is 0 Å². The molecule has 1 atom stereocenters. The third kappa shape index (κ3) is 2.42. The van der Waals surface area contributed by atoms with Crippen LogP contribution >= 0.6 is 12.6 Å². The van der Waals surface area contributed by atoms with Crippen LogP contribution < -0.4 is 0 Å². The Morgan fingerprint density at radius 2 is 2.00 bits per heavy atom. The fourth-order valence-corrected chi connectivity index (χ4v) is 2.45. The Kier molecular flexibility index (Phi) is 2.97. The van der Waals surface area contributed by atoms with Gasteiger partial charge in [0.05, 0.1) is 0 Å². The van der Waals surface area contributed by atoms with Crippen molar-refractivity contribution in [1.29, 1.82) is 0 Å². The van der Waals surface area contributed by atoms with Crippen molar-refractivity contribution in [3.8, 4) is 0 Å². The van der Waals surface area contributed by atoms with Crippen LogP contribution in [0.3, 0.4) is 0 Å². The summed E-state index contributed by atoms with van der Waals surface area (Å²) in [5.41, 5.74) is 1.38. The van der Waals surface area contributed by atoms with Crippen LogP contribution in [-0.4, -0.2) is 4.75 Å². The first-order valence-electron chi connectivity index (χ1n) is 5.23. The summed E-state index contributed by atoms with van der Waals surface area (Å²) in [6.45, 7) is 0. The molecule has 1 aromatic rings. The maximum absolute atomic E-state index is 4.77. The van der Waals surface area contributed by atoms with E-state index in [4.69, 9.17) is 12.6 Å². The van der Waals surface area contributed by atoms with Crippen molar-refractivity contribution >= 4 is 12.6 Å². The molecule has 0 fully saturated rings. The van der Waals surface area contributed by atoms with Crippen LogP contribution in [0.2, 0.25) is 0 Å². The van der Waals surface area contributed by atoms with Gasteiger partial charge in [-0.05, 0) is 31.2 Å². The van der Waals surface area contributed by atoms with Crippen LogP contribution in [0.1, 0.15) is 24.8 Å². The van der Waals surface area contributed by atoms with Crippen LogP contribution in [0, 0.1) is 0 Å². The minimum absolute atomic E-state index is 0.0968. The molecule has 0 spiro atoms. The lowest BCUT2D eigenvalue weighted by Crippen LogP contribution is -2.23. The van der Waals surface area contributed by atoms with Gasteiger partial charge in [-0.1, -0.05) is 42.5 Å². The molecule has 0 heterocycles. The first-order valence-corrected chi connectivity index (χ1v) is 5.67. The lowest BCUT2D eigenvalue weighted by molar-refractivity contribution is 0.585. The largest absolute Gasteiger partial charge is 0.168 e. The molecule has 0 saturated heterocycles. The maximum atomic E-state index is 4.77. The Hall–Kier alpha value is -0.690. The number of benzene rings is 1. The highest BCUT2D eigenvalue weighted by atomic mass is 32.1. The van der Waals surface area contributed by atoms with E-state index in [0.29, 0.717) is 0 Å². The average molecular weight is 204 g/mol. The van der Waals surface area contributed by atoms with Gasteiger partial charge < -0.3 is 0 Å². The summed E-state index contributed by atoms with van der Waals surface area (Å²) in [6, 6.07) is 10.6. The first kappa shape index (κ1) is 9.85. The summed E-state index contributed by atoms with van der Waals surface area (Å²) < 4.78 is 0.0968. The second kappa shape index (κ2) is 4.22. The molecule has 0 radical (unpaired) electrons. The van der Waals surface area contributed by atoms with Gasteiger partial charge in [-0.2, -0.15) is 12.6 Å². The van der Waals surface area contributed by atoms with Crippen molar-refractivity contribution in [3.05, 3.63) is 48.0 Å². The second-order valence-electron chi connectivity index (χ2n) is 4.06. The summed E-state index contributed by atoms with van der Waals surface area (Å²) in [5, 5.41) is 0. The minimum Gasteiger partial charge on any atom is -0.168 e. The average Bonchev–Trinajstić information content (AvgIpc) is 2.19. The Balaban J connectivity index is 2.10. The summed E-state index contributed by atoms with van der Waals surface area (Å²) in [5.74, 6) is 0. The molecule has 0 N–H and O–H groups in total. The van der Waals surface area contributed by atoms with Crippen molar-refractivity contribution in [3.63, 3.8) is 0 Å². The van der Waals surface area contributed by atoms with Gasteiger partial charge in [0.15, 0.2) is 0 Å². The summed E-state index contributed by atoms with van der Waals surface area (Å²) >= 11 is 4.77. The molecule has 1 aliphatic carbocycles. The van der Waals surface area contributed by atoms with E-state index in [2.05, 4.69) is 42.5 Å². The summed E-state index contributed by atoms with van der Waals surface area (Å²) in [4.78, 5) is 0. The quantitative estimate of drug-likeness (QED) is 0.552. The molecule has 0 amide bonds. The van der Waals surface area contributed by atoms with Crippen molar-refractivity contribution < 1.29 is 0 Å². The van der Waals surface area contributed by atoms with Gasteiger partial charge in [0, 0.05) is 4.75 Å². The van der Waals surface area contributed by atoms with Crippen LogP contribution in [0.5, 0.6) is 0 Å². The van der Waals surface area contributed by atoms with E-state index in [1.165, 1.54) is 24.8 Å². The highest BCUT2D eigenvalue weighted by molar-refractivity contribution is 7.82. The van der Waals surface area contributed by atoms with Gasteiger partial charge in [0.1, 0.15) is 0 Å². The van der Waals surface area contributed by atoms with Crippen molar-refractivity contribution in [1.82, 2.24) is 0 Å². The molecule has 0 aliphatic heterocycles. The third-order valence-electron chi connectivity index (χ3n) is 2.76. The molecular formula is C13H16S. The second-order valence-corrected chi connectivity index (χ2v) is 4.95. The van der Waals surface area contributed by atoms with Gasteiger partial charge in [-0.15, -0.1) is 0 Å². The Morgan fingerprint density at radius 1 is 1.21 bits per heavy atom. The van der Waals surface area contributed by atoms with Crippen LogP contribution in [0.15, 0.2) is 42.5 Å². The molecule has 0 saturated carbocycles. The Morgan fingerprint density at radius 3 is 2.64 bits per heavy atom. The Labute approximate surface area is 91.4 Å². The number of rotatable bonds is 2. The molecule has 0 nitrogen and oxygen atoms in total. The molecule has 0 bridgehead atoms. The minimum atomic E-state index is 0.0968. The highest BCUT2D eigenvalue weighted by Gasteiger charge is 2.23. The number of hydrogen-bond acceptors (Lipinski definition) is 1. The summed E-state index contributed by atoms with van der Waals surface area (Å²) in [7, 11) is 0. The van der Waals surface area contributed by atoms with Crippen LogP contribution in [-0.2, 0) is 6.42 Å². The molecule has 1 aromatic carbocycles. The van der Waals surface area contributed by atoms with Gasteiger partial charge >= 0.3 is 0 Å². The number of thiol groups is 1. The number of allylic oxidation sites excluding steroid dienone is 1. The van der Waals surface area contributed by atoms with E-state index >= 15 is 0 Å². The summed E-state index contributed by atoms with van der Waals surface area (Å²) in [6.07, 6.45) is 9.27. The van der Waals surface area contributed by atoms with Crippen molar-refractivity contribution in [2.75, 3.05) is 0 Å². The lowest BCUT2D eigenvalue weighted by atomic mass is 9.89. The zero-order valence-corrected chi connectivity index (χ0v) is 9.21. The molecular weight excluding hydrogens is 188 g/mol. The predicted octanol–water partition coefficient (Wildman–Crippen LogP) is 3.64. The lowest BCUT2D eigenvalue weighted by Gasteiger charge is -2.27. The predicted molar refractivity (Wildman–Crippen MR) is 64.9 cm³/mol. The topological polar surface area (TPSA) is 0 Å². The standard InChI is InChI=1S/C13H16S/c14-13(9-5-2-6-10-13)11-12-7-3-1-4-8-12/h1,3-5,7-9,14H,2,6,10-11H2/t13-/m1/s1. The molecule has 0 aromatic heterocycles. The first-order chi connectivity index (χ1) is 6.79. The van der Waals surface area contributed by atoms with Gasteiger partial charge in [0.2, 0.25) is 0 Å². The molecule has 74 valence electrons. The van der Waals surface area contributed by atoms with E-state index in [-0.39, 0.29) is 4.75 Å².